The van der Waals surface area contributed by atoms with Crippen molar-refractivity contribution >= 4 is 32.3 Å². The second kappa shape index (κ2) is 13.1. The third kappa shape index (κ3) is 6.11. The Bertz CT molecular complexity index is 2810. The molecule has 53 heavy (non-hydrogen) atoms. The molecule has 0 aliphatic rings. The van der Waals surface area contributed by atoms with Gasteiger partial charge in [-0.3, -0.25) is 0 Å². The van der Waals surface area contributed by atoms with Gasteiger partial charge in [-0.05, 0) is 136 Å². The minimum absolute atomic E-state index is 0.0160. The summed E-state index contributed by atoms with van der Waals surface area (Å²) in [5.74, 6) is 0. The predicted molar refractivity (Wildman–Crippen MR) is 230 cm³/mol. The molecule has 254 valence electrons. The summed E-state index contributed by atoms with van der Waals surface area (Å²) < 4.78 is 0. The average molecular weight is 679 g/mol. The lowest BCUT2D eigenvalue weighted by atomic mass is 9.80. The first-order valence-electron chi connectivity index (χ1n) is 18.7. The van der Waals surface area contributed by atoms with E-state index in [0.29, 0.717) is 0 Å². The molecule has 0 radical (unpaired) electrons. The fourth-order valence-corrected chi connectivity index (χ4v) is 8.02. The summed E-state index contributed by atoms with van der Waals surface area (Å²) in [7, 11) is 0. The van der Waals surface area contributed by atoms with E-state index in [-0.39, 0.29) is 5.41 Å². The number of fused-ring (bicyclic) bond motifs is 3. The highest BCUT2D eigenvalue weighted by molar-refractivity contribution is 6.22. The van der Waals surface area contributed by atoms with Gasteiger partial charge < -0.3 is 0 Å². The maximum atomic E-state index is 2.46. The predicted octanol–water partition coefficient (Wildman–Crippen LogP) is 15.1. The molecular weight excluding hydrogens is 637 g/mol. The lowest BCUT2D eigenvalue weighted by Crippen LogP contribution is -2.10. The second-order valence-electron chi connectivity index (χ2n) is 15.5. The molecule has 0 aliphatic carbocycles. The third-order valence-corrected chi connectivity index (χ3v) is 10.8. The van der Waals surface area contributed by atoms with Gasteiger partial charge in [0.05, 0.1) is 0 Å². The number of benzene rings is 9. The third-order valence-electron chi connectivity index (χ3n) is 10.8. The molecule has 0 aliphatic heterocycles. The lowest BCUT2D eigenvalue weighted by Gasteiger charge is -2.23. The molecule has 0 aromatic heterocycles. The quantitative estimate of drug-likeness (QED) is 0.159. The standard InChI is InChI=1S/C53H42/c1-35-23-27-47-49(29-35)52(45-25-24-37-15-8-9-16-38(37)32-45)50-34-46(53(2,3)4)26-28-48(50)51(47)44-22-12-21-43(33-44)42-20-11-19-41(31-42)40-18-10-17-39(30-40)36-13-6-5-7-14-36/h5-34H,1-4H3. The van der Waals surface area contributed by atoms with Crippen molar-refractivity contribution in [1.29, 1.82) is 0 Å². The van der Waals surface area contributed by atoms with Crippen molar-refractivity contribution in [2.75, 3.05) is 0 Å². The highest BCUT2D eigenvalue weighted by atomic mass is 14.2. The topological polar surface area (TPSA) is 0 Å². The van der Waals surface area contributed by atoms with Gasteiger partial charge in [-0.25, -0.2) is 0 Å². The number of rotatable bonds is 5. The highest BCUT2D eigenvalue weighted by Gasteiger charge is 2.21. The molecule has 9 aromatic carbocycles. The Morgan fingerprint density at radius 3 is 1.42 bits per heavy atom. The van der Waals surface area contributed by atoms with E-state index in [1.54, 1.807) is 0 Å². The van der Waals surface area contributed by atoms with Gasteiger partial charge >= 0.3 is 0 Å². The average Bonchev–Trinajstić information content (AvgIpc) is 3.19. The molecule has 0 amide bonds. The van der Waals surface area contributed by atoms with E-state index in [1.807, 2.05) is 0 Å². The van der Waals surface area contributed by atoms with Crippen molar-refractivity contribution in [1.82, 2.24) is 0 Å². The Balaban J connectivity index is 1.24. The molecule has 0 atom stereocenters. The van der Waals surface area contributed by atoms with Crippen molar-refractivity contribution in [2.45, 2.75) is 33.1 Å². The Labute approximate surface area is 313 Å². The molecule has 9 rings (SSSR count). The summed E-state index contributed by atoms with van der Waals surface area (Å²) in [6, 6.07) is 67.4. The normalized spacial score (nSPS) is 11.8. The Morgan fingerprint density at radius 1 is 0.302 bits per heavy atom. The van der Waals surface area contributed by atoms with Crippen LogP contribution in [0.15, 0.2) is 182 Å². The summed E-state index contributed by atoms with van der Waals surface area (Å²) in [4.78, 5) is 0. The summed E-state index contributed by atoms with van der Waals surface area (Å²) in [6.45, 7) is 9.14. The van der Waals surface area contributed by atoms with Crippen LogP contribution in [0.4, 0.5) is 0 Å². The fourth-order valence-electron chi connectivity index (χ4n) is 8.02. The van der Waals surface area contributed by atoms with E-state index in [9.17, 15) is 0 Å². The molecular formula is C53H42. The smallest absolute Gasteiger partial charge is 0.00259 e. The van der Waals surface area contributed by atoms with Crippen LogP contribution < -0.4 is 0 Å². The molecule has 0 fully saturated rings. The van der Waals surface area contributed by atoms with Crippen LogP contribution in [-0.4, -0.2) is 0 Å². The Morgan fingerprint density at radius 2 is 0.774 bits per heavy atom. The van der Waals surface area contributed by atoms with Crippen molar-refractivity contribution in [3.05, 3.63) is 193 Å². The van der Waals surface area contributed by atoms with Crippen LogP contribution >= 0.6 is 0 Å². The summed E-state index contributed by atoms with van der Waals surface area (Å²) in [6.07, 6.45) is 0. The number of hydrogen-bond donors (Lipinski definition) is 0. The van der Waals surface area contributed by atoms with Crippen LogP contribution in [-0.2, 0) is 5.41 Å². The molecule has 0 unspecified atom stereocenters. The summed E-state index contributed by atoms with van der Waals surface area (Å²) in [5.41, 5.74) is 15.0. The molecule has 0 nitrogen and oxygen atoms in total. The minimum Gasteiger partial charge on any atom is -0.0622 e. The summed E-state index contributed by atoms with van der Waals surface area (Å²) >= 11 is 0. The van der Waals surface area contributed by atoms with Gasteiger partial charge in [-0.2, -0.15) is 0 Å². The van der Waals surface area contributed by atoms with Crippen LogP contribution in [0.5, 0.6) is 0 Å². The zero-order valence-electron chi connectivity index (χ0n) is 30.8. The second-order valence-corrected chi connectivity index (χ2v) is 15.5. The van der Waals surface area contributed by atoms with Crippen LogP contribution in [0.1, 0.15) is 31.9 Å². The van der Waals surface area contributed by atoms with Crippen molar-refractivity contribution in [3.8, 4) is 55.6 Å². The van der Waals surface area contributed by atoms with Crippen LogP contribution in [0.3, 0.4) is 0 Å². The first-order valence-corrected chi connectivity index (χ1v) is 18.7. The lowest BCUT2D eigenvalue weighted by molar-refractivity contribution is 0.591. The molecule has 0 bridgehead atoms. The largest absolute Gasteiger partial charge is 0.0622 e. The van der Waals surface area contributed by atoms with E-state index in [2.05, 4.69) is 210 Å². The van der Waals surface area contributed by atoms with E-state index in [0.717, 1.165) is 0 Å². The van der Waals surface area contributed by atoms with Crippen molar-refractivity contribution in [3.63, 3.8) is 0 Å². The molecule has 0 N–H and O–H groups in total. The van der Waals surface area contributed by atoms with Gasteiger partial charge in [0.2, 0.25) is 0 Å². The van der Waals surface area contributed by atoms with E-state index in [1.165, 1.54) is 99.1 Å². The molecule has 0 spiro atoms. The van der Waals surface area contributed by atoms with Crippen molar-refractivity contribution < 1.29 is 0 Å². The summed E-state index contributed by atoms with van der Waals surface area (Å²) in [5, 5.41) is 7.67. The highest BCUT2D eigenvalue weighted by Crippen LogP contribution is 2.46. The van der Waals surface area contributed by atoms with Gasteiger partial charge in [0.25, 0.3) is 0 Å². The SMILES string of the molecule is Cc1ccc2c(-c3cccc(-c4cccc(-c5cccc(-c6ccccc6)c5)c4)c3)c3ccc(C(C)(C)C)cc3c(-c3ccc4ccccc4c3)c2c1. The number of aryl methyl sites for hydroxylation is 1. The van der Waals surface area contributed by atoms with E-state index >= 15 is 0 Å². The first-order chi connectivity index (χ1) is 25.8. The van der Waals surface area contributed by atoms with Gasteiger partial charge in [0.1, 0.15) is 0 Å². The van der Waals surface area contributed by atoms with Gasteiger partial charge in [-0.1, -0.05) is 178 Å². The zero-order chi connectivity index (χ0) is 36.1. The van der Waals surface area contributed by atoms with E-state index in [4.69, 9.17) is 0 Å². The molecule has 0 heterocycles. The van der Waals surface area contributed by atoms with Crippen molar-refractivity contribution in [2.24, 2.45) is 0 Å². The molecule has 9 aromatic rings. The molecule has 0 saturated heterocycles. The van der Waals surface area contributed by atoms with Gasteiger partial charge in [-0.15, -0.1) is 0 Å². The van der Waals surface area contributed by atoms with Crippen LogP contribution in [0, 0.1) is 6.92 Å². The van der Waals surface area contributed by atoms with Crippen LogP contribution in [0.25, 0.3) is 88.0 Å². The minimum atomic E-state index is 0.0160. The first kappa shape index (κ1) is 32.7. The van der Waals surface area contributed by atoms with Gasteiger partial charge in [0.15, 0.2) is 0 Å². The molecule has 0 saturated carbocycles. The fraction of sp³-hybridized carbons (Fsp3) is 0.0943. The molecule has 0 heteroatoms. The Hall–Kier alpha value is -6.24. The maximum Gasteiger partial charge on any atom is -0.00259 e. The maximum absolute atomic E-state index is 2.46. The number of hydrogen-bond acceptors (Lipinski definition) is 0. The Kier molecular flexibility index (Phi) is 8.05. The van der Waals surface area contributed by atoms with Crippen LogP contribution in [0.2, 0.25) is 0 Å². The zero-order valence-corrected chi connectivity index (χ0v) is 30.8. The van der Waals surface area contributed by atoms with Gasteiger partial charge in [0, 0.05) is 0 Å². The monoisotopic (exact) mass is 678 g/mol. The van der Waals surface area contributed by atoms with E-state index < -0.39 is 0 Å².